The van der Waals surface area contributed by atoms with Gasteiger partial charge in [0.1, 0.15) is 4.90 Å². The van der Waals surface area contributed by atoms with E-state index in [1.54, 1.807) is 7.05 Å². The van der Waals surface area contributed by atoms with Crippen molar-refractivity contribution in [2.45, 2.75) is 18.0 Å². The SMILES string of the molecule is Cn1cc(S(=O)(=O)Nc2nc3ccccc3nc2N(Cc2ccccc2)Cc2ccccc2)cn1. The van der Waals surface area contributed by atoms with E-state index in [9.17, 15) is 8.42 Å². The van der Waals surface area contributed by atoms with Crippen LogP contribution < -0.4 is 9.62 Å². The lowest BCUT2D eigenvalue weighted by atomic mass is 10.1. The van der Waals surface area contributed by atoms with E-state index in [2.05, 4.69) is 14.8 Å². The van der Waals surface area contributed by atoms with E-state index >= 15 is 0 Å². The van der Waals surface area contributed by atoms with E-state index in [0.29, 0.717) is 29.9 Å². The molecule has 5 rings (SSSR count). The summed E-state index contributed by atoms with van der Waals surface area (Å²) >= 11 is 0. The van der Waals surface area contributed by atoms with Crippen LogP contribution in [0.25, 0.3) is 11.0 Å². The molecular weight excluding hydrogens is 460 g/mol. The number of rotatable bonds is 8. The number of aryl methyl sites for hydroxylation is 1. The Kier molecular flexibility index (Phi) is 6.15. The summed E-state index contributed by atoms with van der Waals surface area (Å²) in [7, 11) is -2.26. The Balaban J connectivity index is 1.62. The van der Waals surface area contributed by atoms with Crippen molar-refractivity contribution in [2.75, 3.05) is 9.62 Å². The van der Waals surface area contributed by atoms with Crippen LogP contribution in [0.2, 0.25) is 0 Å². The third-order valence-corrected chi connectivity index (χ3v) is 6.80. The molecule has 2 heterocycles. The molecule has 176 valence electrons. The Morgan fingerprint density at radius 3 is 1.89 bits per heavy atom. The first-order valence-corrected chi connectivity index (χ1v) is 12.6. The van der Waals surface area contributed by atoms with E-state index in [4.69, 9.17) is 4.98 Å². The minimum atomic E-state index is -3.93. The van der Waals surface area contributed by atoms with Crippen LogP contribution >= 0.6 is 0 Å². The van der Waals surface area contributed by atoms with Gasteiger partial charge < -0.3 is 4.90 Å². The molecular formula is C26H24N6O2S. The average molecular weight is 485 g/mol. The normalized spacial score (nSPS) is 11.5. The first-order valence-electron chi connectivity index (χ1n) is 11.1. The van der Waals surface area contributed by atoms with Crippen molar-refractivity contribution in [1.82, 2.24) is 19.7 Å². The van der Waals surface area contributed by atoms with E-state index in [0.717, 1.165) is 11.1 Å². The van der Waals surface area contributed by atoms with E-state index in [1.165, 1.54) is 17.1 Å². The van der Waals surface area contributed by atoms with Crippen LogP contribution in [0.5, 0.6) is 0 Å². The number of aromatic nitrogens is 4. The van der Waals surface area contributed by atoms with Crippen molar-refractivity contribution >= 4 is 32.7 Å². The molecule has 8 nitrogen and oxygen atoms in total. The second-order valence-corrected chi connectivity index (χ2v) is 9.85. The maximum Gasteiger partial charge on any atom is 0.266 e. The minimum absolute atomic E-state index is 0.0542. The van der Waals surface area contributed by atoms with Crippen molar-refractivity contribution in [3.05, 3.63) is 108 Å². The second kappa shape index (κ2) is 9.55. The Labute approximate surface area is 203 Å². The fourth-order valence-electron chi connectivity index (χ4n) is 3.82. The van der Waals surface area contributed by atoms with Gasteiger partial charge in [0.25, 0.3) is 10.0 Å². The summed E-state index contributed by atoms with van der Waals surface area (Å²) in [4.78, 5) is 11.6. The van der Waals surface area contributed by atoms with Gasteiger partial charge in [-0.05, 0) is 23.3 Å². The fourth-order valence-corrected chi connectivity index (χ4v) is 4.80. The molecule has 5 aromatic rings. The Hall–Kier alpha value is -4.24. The molecule has 0 radical (unpaired) electrons. The quantitative estimate of drug-likeness (QED) is 0.352. The zero-order valence-corrected chi connectivity index (χ0v) is 19.9. The van der Waals surface area contributed by atoms with E-state index < -0.39 is 10.0 Å². The van der Waals surface area contributed by atoms with Gasteiger partial charge in [-0.1, -0.05) is 72.8 Å². The van der Waals surface area contributed by atoms with Gasteiger partial charge >= 0.3 is 0 Å². The molecule has 0 unspecified atom stereocenters. The highest BCUT2D eigenvalue weighted by Crippen LogP contribution is 2.29. The minimum Gasteiger partial charge on any atom is -0.345 e. The monoisotopic (exact) mass is 484 g/mol. The summed E-state index contributed by atoms with van der Waals surface area (Å²) in [5, 5.41) is 3.99. The number of nitrogens with one attached hydrogen (secondary N) is 1. The van der Waals surface area contributed by atoms with Gasteiger partial charge in [-0.3, -0.25) is 9.40 Å². The van der Waals surface area contributed by atoms with Gasteiger partial charge in [-0.25, -0.2) is 18.4 Å². The molecule has 2 aromatic heterocycles. The highest BCUT2D eigenvalue weighted by molar-refractivity contribution is 7.92. The molecule has 3 aromatic carbocycles. The smallest absolute Gasteiger partial charge is 0.266 e. The van der Waals surface area contributed by atoms with Crippen molar-refractivity contribution in [2.24, 2.45) is 7.05 Å². The number of fused-ring (bicyclic) bond motifs is 1. The summed E-state index contributed by atoms with van der Waals surface area (Å²) < 4.78 is 30.5. The molecule has 0 saturated carbocycles. The third-order valence-electron chi connectivity index (χ3n) is 5.51. The number of hydrogen-bond acceptors (Lipinski definition) is 6. The van der Waals surface area contributed by atoms with Crippen LogP contribution in [0.1, 0.15) is 11.1 Å². The van der Waals surface area contributed by atoms with Crippen molar-refractivity contribution in [1.29, 1.82) is 0 Å². The first-order chi connectivity index (χ1) is 17.0. The van der Waals surface area contributed by atoms with Crippen molar-refractivity contribution < 1.29 is 8.42 Å². The van der Waals surface area contributed by atoms with Crippen LogP contribution in [0.15, 0.2) is 102 Å². The summed E-state index contributed by atoms with van der Waals surface area (Å²) in [6, 6.07) is 27.4. The molecule has 0 aliphatic rings. The molecule has 0 spiro atoms. The predicted octanol–water partition coefficient (Wildman–Crippen LogP) is 4.37. The zero-order valence-electron chi connectivity index (χ0n) is 19.1. The number of para-hydroxylation sites is 2. The lowest BCUT2D eigenvalue weighted by molar-refractivity contribution is 0.601. The lowest BCUT2D eigenvalue weighted by Gasteiger charge is -2.26. The Bertz CT molecular complexity index is 1510. The second-order valence-electron chi connectivity index (χ2n) is 8.17. The molecule has 9 heteroatoms. The van der Waals surface area contributed by atoms with Gasteiger partial charge in [0.05, 0.1) is 17.2 Å². The van der Waals surface area contributed by atoms with Gasteiger partial charge in [0.2, 0.25) is 0 Å². The molecule has 0 atom stereocenters. The van der Waals surface area contributed by atoms with Gasteiger partial charge in [-0.15, -0.1) is 0 Å². The molecule has 1 N–H and O–H groups in total. The molecule has 0 fully saturated rings. The molecule has 0 amide bonds. The summed E-state index contributed by atoms with van der Waals surface area (Å²) in [5.41, 5.74) is 3.41. The van der Waals surface area contributed by atoms with Gasteiger partial charge in [0.15, 0.2) is 11.6 Å². The number of anilines is 2. The molecule has 0 aliphatic heterocycles. The average Bonchev–Trinajstić information content (AvgIpc) is 3.32. The summed E-state index contributed by atoms with van der Waals surface area (Å²) in [5.74, 6) is 0.614. The van der Waals surface area contributed by atoms with Crippen LogP contribution in [-0.4, -0.2) is 28.2 Å². The highest BCUT2D eigenvalue weighted by Gasteiger charge is 2.23. The van der Waals surface area contributed by atoms with E-state index in [-0.39, 0.29) is 10.7 Å². The highest BCUT2D eigenvalue weighted by atomic mass is 32.2. The van der Waals surface area contributed by atoms with Gasteiger partial charge in [0, 0.05) is 26.3 Å². The maximum atomic E-state index is 13.2. The van der Waals surface area contributed by atoms with E-state index in [1.807, 2.05) is 89.8 Å². The Morgan fingerprint density at radius 2 is 1.34 bits per heavy atom. The Morgan fingerprint density at radius 1 is 0.800 bits per heavy atom. The van der Waals surface area contributed by atoms with Gasteiger partial charge in [-0.2, -0.15) is 5.10 Å². The predicted molar refractivity (Wildman–Crippen MR) is 136 cm³/mol. The van der Waals surface area contributed by atoms with Crippen LogP contribution in [0, 0.1) is 0 Å². The molecule has 0 saturated heterocycles. The number of hydrogen-bond donors (Lipinski definition) is 1. The first kappa shape index (κ1) is 22.5. The fraction of sp³-hybridized carbons (Fsp3) is 0.115. The standard InChI is InChI=1S/C26H24N6O2S/c1-31-19-22(16-27-31)35(33,34)30-25-26(29-24-15-9-8-14-23(24)28-25)32(17-20-10-4-2-5-11-20)18-21-12-6-3-7-13-21/h2-16,19H,17-18H2,1H3,(H,28,30). The van der Waals surface area contributed by atoms with Crippen LogP contribution in [0.3, 0.4) is 0 Å². The van der Waals surface area contributed by atoms with Crippen molar-refractivity contribution in [3.8, 4) is 0 Å². The lowest BCUT2D eigenvalue weighted by Crippen LogP contribution is -2.26. The number of nitrogens with zero attached hydrogens (tertiary/aromatic N) is 5. The topological polar surface area (TPSA) is 93.0 Å². The largest absolute Gasteiger partial charge is 0.345 e. The number of sulfonamides is 1. The van der Waals surface area contributed by atoms with Crippen molar-refractivity contribution in [3.63, 3.8) is 0 Å². The molecule has 0 bridgehead atoms. The summed E-state index contributed by atoms with van der Waals surface area (Å²) in [6.07, 6.45) is 2.75. The summed E-state index contributed by atoms with van der Waals surface area (Å²) in [6.45, 7) is 1.04. The van der Waals surface area contributed by atoms with Crippen LogP contribution in [0.4, 0.5) is 11.6 Å². The van der Waals surface area contributed by atoms with Crippen LogP contribution in [-0.2, 0) is 30.2 Å². The number of benzene rings is 3. The maximum absolute atomic E-state index is 13.2. The molecule has 35 heavy (non-hydrogen) atoms. The third kappa shape index (κ3) is 5.15. The molecule has 0 aliphatic carbocycles. The zero-order chi connectivity index (χ0) is 24.3.